The first-order valence-corrected chi connectivity index (χ1v) is 7.10. The van der Waals surface area contributed by atoms with Crippen LogP contribution in [0.2, 0.25) is 0 Å². The molecule has 0 saturated carbocycles. The standard InChI is InChI=1S/C17H15BrO2/c1-13(19)16-12-15(18)9-10-17(16)20-11-5-8-14-6-3-2-4-7-14/h2-4,6-7,9-10,12-13,19H,11H2,1H3. The van der Waals surface area contributed by atoms with Gasteiger partial charge < -0.3 is 9.84 Å². The van der Waals surface area contributed by atoms with Crippen LogP contribution < -0.4 is 4.74 Å². The SMILES string of the molecule is CC(O)c1cc(Br)ccc1OCC#Cc1ccccc1. The number of ether oxygens (including phenoxy) is 1. The zero-order chi connectivity index (χ0) is 14.4. The Hall–Kier alpha value is -1.76. The fourth-order valence-corrected chi connectivity index (χ4v) is 2.13. The molecule has 20 heavy (non-hydrogen) atoms. The summed E-state index contributed by atoms with van der Waals surface area (Å²) in [4.78, 5) is 0. The van der Waals surface area contributed by atoms with Crippen molar-refractivity contribution in [3.63, 3.8) is 0 Å². The summed E-state index contributed by atoms with van der Waals surface area (Å²) in [7, 11) is 0. The molecule has 0 fully saturated rings. The van der Waals surface area contributed by atoms with Crippen molar-refractivity contribution in [3.05, 3.63) is 64.1 Å². The minimum Gasteiger partial charge on any atom is -0.481 e. The summed E-state index contributed by atoms with van der Waals surface area (Å²) in [5.41, 5.74) is 1.71. The van der Waals surface area contributed by atoms with Crippen LogP contribution in [0.15, 0.2) is 53.0 Å². The average molecular weight is 331 g/mol. The van der Waals surface area contributed by atoms with Gasteiger partial charge in [0.1, 0.15) is 12.4 Å². The lowest BCUT2D eigenvalue weighted by Crippen LogP contribution is -2.00. The second-order valence-electron chi connectivity index (χ2n) is 4.31. The van der Waals surface area contributed by atoms with E-state index < -0.39 is 6.10 Å². The Labute approximate surface area is 127 Å². The Morgan fingerprint density at radius 1 is 1.20 bits per heavy atom. The number of halogens is 1. The molecule has 0 amide bonds. The summed E-state index contributed by atoms with van der Waals surface area (Å²) in [6, 6.07) is 15.3. The van der Waals surface area contributed by atoms with Gasteiger partial charge in [0.05, 0.1) is 6.10 Å². The lowest BCUT2D eigenvalue weighted by Gasteiger charge is -2.12. The summed E-state index contributed by atoms with van der Waals surface area (Å²) in [6.07, 6.45) is -0.579. The first-order valence-electron chi connectivity index (χ1n) is 6.31. The van der Waals surface area contributed by atoms with E-state index in [1.807, 2.05) is 48.5 Å². The molecule has 0 saturated heterocycles. The van der Waals surface area contributed by atoms with Crippen molar-refractivity contribution >= 4 is 15.9 Å². The molecule has 0 spiro atoms. The molecular weight excluding hydrogens is 316 g/mol. The van der Waals surface area contributed by atoms with Gasteiger partial charge in [0.15, 0.2) is 0 Å². The third-order valence-corrected chi connectivity index (χ3v) is 3.22. The van der Waals surface area contributed by atoms with Crippen LogP contribution in [0, 0.1) is 11.8 Å². The van der Waals surface area contributed by atoms with Crippen molar-refractivity contribution in [2.75, 3.05) is 6.61 Å². The van der Waals surface area contributed by atoms with E-state index in [2.05, 4.69) is 27.8 Å². The monoisotopic (exact) mass is 330 g/mol. The van der Waals surface area contributed by atoms with E-state index in [0.717, 1.165) is 15.6 Å². The number of hydrogen-bond donors (Lipinski definition) is 1. The predicted molar refractivity (Wildman–Crippen MR) is 83.6 cm³/mol. The number of hydrogen-bond acceptors (Lipinski definition) is 2. The molecule has 0 aromatic heterocycles. The van der Waals surface area contributed by atoms with Crippen molar-refractivity contribution in [2.45, 2.75) is 13.0 Å². The van der Waals surface area contributed by atoms with Gasteiger partial charge in [0, 0.05) is 15.6 Å². The van der Waals surface area contributed by atoms with Crippen LogP contribution >= 0.6 is 15.9 Å². The maximum atomic E-state index is 9.73. The average Bonchev–Trinajstić information content (AvgIpc) is 2.45. The first-order chi connectivity index (χ1) is 9.66. The molecule has 1 N–H and O–H groups in total. The van der Waals surface area contributed by atoms with Gasteiger partial charge >= 0.3 is 0 Å². The Morgan fingerprint density at radius 3 is 2.65 bits per heavy atom. The number of rotatable bonds is 3. The third-order valence-electron chi connectivity index (χ3n) is 2.73. The quantitative estimate of drug-likeness (QED) is 0.864. The zero-order valence-corrected chi connectivity index (χ0v) is 12.7. The Bertz CT molecular complexity index is 624. The largest absolute Gasteiger partial charge is 0.481 e. The van der Waals surface area contributed by atoms with Crippen molar-refractivity contribution in [2.24, 2.45) is 0 Å². The molecule has 0 heterocycles. The summed E-state index contributed by atoms with van der Waals surface area (Å²) in [5.74, 6) is 6.65. The molecule has 2 rings (SSSR count). The van der Waals surface area contributed by atoms with Crippen LogP contribution in [-0.4, -0.2) is 11.7 Å². The lowest BCUT2D eigenvalue weighted by molar-refractivity contribution is 0.193. The highest BCUT2D eigenvalue weighted by atomic mass is 79.9. The Kier molecular flexibility index (Phi) is 5.23. The molecule has 2 aromatic rings. The maximum absolute atomic E-state index is 9.73. The second kappa shape index (κ2) is 7.14. The molecule has 2 nitrogen and oxygen atoms in total. The highest BCUT2D eigenvalue weighted by molar-refractivity contribution is 9.10. The summed E-state index contributed by atoms with van der Waals surface area (Å²) in [5, 5.41) is 9.73. The van der Waals surface area contributed by atoms with E-state index >= 15 is 0 Å². The molecule has 102 valence electrons. The normalized spacial score (nSPS) is 11.3. The molecule has 1 unspecified atom stereocenters. The first kappa shape index (κ1) is 14.6. The fourth-order valence-electron chi connectivity index (χ4n) is 1.75. The molecule has 0 aliphatic carbocycles. The molecule has 2 aromatic carbocycles. The summed E-state index contributed by atoms with van der Waals surface area (Å²) >= 11 is 3.38. The third kappa shape index (κ3) is 4.12. The van der Waals surface area contributed by atoms with Crippen LogP contribution in [0.4, 0.5) is 0 Å². The van der Waals surface area contributed by atoms with Gasteiger partial charge in [-0.3, -0.25) is 0 Å². The van der Waals surface area contributed by atoms with E-state index in [9.17, 15) is 5.11 Å². The maximum Gasteiger partial charge on any atom is 0.149 e. The van der Waals surface area contributed by atoms with Crippen LogP contribution in [0.5, 0.6) is 5.75 Å². The van der Waals surface area contributed by atoms with Gasteiger partial charge in [-0.25, -0.2) is 0 Å². The highest BCUT2D eigenvalue weighted by Gasteiger charge is 2.09. The van der Waals surface area contributed by atoms with Gasteiger partial charge in [-0.2, -0.15) is 0 Å². The van der Waals surface area contributed by atoms with Crippen LogP contribution in [0.25, 0.3) is 0 Å². The number of aliphatic hydroxyl groups is 1. The van der Waals surface area contributed by atoms with Crippen molar-refractivity contribution in [1.29, 1.82) is 0 Å². The van der Waals surface area contributed by atoms with Gasteiger partial charge in [0.2, 0.25) is 0 Å². The Morgan fingerprint density at radius 2 is 1.95 bits per heavy atom. The van der Waals surface area contributed by atoms with Gasteiger partial charge in [-0.05, 0) is 37.3 Å². The van der Waals surface area contributed by atoms with Gasteiger partial charge in [-0.15, -0.1) is 0 Å². The molecule has 0 aliphatic rings. The summed E-state index contributed by atoms with van der Waals surface area (Å²) in [6.45, 7) is 2.00. The fraction of sp³-hybridized carbons (Fsp3) is 0.176. The topological polar surface area (TPSA) is 29.5 Å². The lowest BCUT2D eigenvalue weighted by atomic mass is 10.1. The van der Waals surface area contributed by atoms with Crippen LogP contribution in [0.3, 0.4) is 0 Å². The van der Waals surface area contributed by atoms with E-state index in [1.165, 1.54) is 0 Å². The molecule has 0 aliphatic heterocycles. The molecular formula is C17H15BrO2. The van der Waals surface area contributed by atoms with Crippen molar-refractivity contribution in [3.8, 4) is 17.6 Å². The van der Waals surface area contributed by atoms with Crippen molar-refractivity contribution in [1.82, 2.24) is 0 Å². The van der Waals surface area contributed by atoms with Crippen LogP contribution in [0.1, 0.15) is 24.2 Å². The predicted octanol–water partition coefficient (Wildman–Crippen LogP) is 3.93. The van der Waals surface area contributed by atoms with Gasteiger partial charge in [0.25, 0.3) is 0 Å². The molecule has 0 bridgehead atoms. The minimum atomic E-state index is -0.579. The zero-order valence-electron chi connectivity index (χ0n) is 11.1. The minimum absolute atomic E-state index is 0.288. The van der Waals surface area contributed by atoms with E-state index in [1.54, 1.807) is 6.92 Å². The highest BCUT2D eigenvalue weighted by Crippen LogP contribution is 2.28. The van der Waals surface area contributed by atoms with E-state index in [4.69, 9.17) is 4.74 Å². The number of aliphatic hydroxyl groups excluding tert-OH is 1. The molecule has 3 heteroatoms. The van der Waals surface area contributed by atoms with Gasteiger partial charge in [-0.1, -0.05) is 46.0 Å². The Balaban J connectivity index is 2.03. The second-order valence-corrected chi connectivity index (χ2v) is 5.23. The van der Waals surface area contributed by atoms with E-state index in [-0.39, 0.29) is 6.61 Å². The molecule has 1 atom stereocenters. The van der Waals surface area contributed by atoms with Crippen LogP contribution in [-0.2, 0) is 0 Å². The summed E-state index contributed by atoms with van der Waals surface area (Å²) < 4.78 is 6.53. The number of benzene rings is 2. The molecule has 0 radical (unpaired) electrons. The van der Waals surface area contributed by atoms with E-state index in [0.29, 0.717) is 5.75 Å². The van der Waals surface area contributed by atoms with Crippen molar-refractivity contribution < 1.29 is 9.84 Å². The smallest absolute Gasteiger partial charge is 0.149 e.